The molecule has 3 N–H and O–H groups in total. The van der Waals surface area contributed by atoms with Crippen molar-refractivity contribution >= 4 is 11.8 Å². The van der Waals surface area contributed by atoms with Gasteiger partial charge < -0.3 is 10.8 Å². The number of hydrogen-bond acceptors (Lipinski definition) is 4. The number of aromatic nitrogens is 2. The zero-order valence-electron chi connectivity index (χ0n) is 9.21. The van der Waals surface area contributed by atoms with Gasteiger partial charge in [0.1, 0.15) is 0 Å². The molecule has 1 aromatic heterocycles. The third-order valence-electron chi connectivity index (χ3n) is 2.35. The van der Waals surface area contributed by atoms with E-state index in [-0.39, 0.29) is 11.5 Å². The van der Waals surface area contributed by atoms with Gasteiger partial charge in [-0.3, -0.25) is 0 Å². The average Bonchev–Trinajstić information content (AvgIpc) is 2.30. The van der Waals surface area contributed by atoms with Crippen LogP contribution in [-0.2, 0) is 0 Å². The zero-order valence-corrected chi connectivity index (χ0v) is 9.21. The molecule has 1 heterocycles. The molecule has 17 heavy (non-hydrogen) atoms. The van der Waals surface area contributed by atoms with Crippen LogP contribution in [-0.4, -0.2) is 21.0 Å². The minimum atomic E-state index is -1.18. The van der Waals surface area contributed by atoms with Crippen LogP contribution in [0.25, 0.3) is 11.3 Å². The van der Waals surface area contributed by atoms with Gasteiger partial charge in [0.25, 0.3) is 0 Å². The molecule has 0 radical (unpaired) electrons. The van der Waals surface area contributed by atoms with Crippen molar-refractivity contribution in [2.75, 3.05) is 5.73 Å². The van der Waals surface area contributed by atoms with E-state index in [0.717, 1.165) is 11.1 Å². The summed E-state index contributed by atoms with van der Waals surface area (Å²) in [5.74, 6) is -1.25. The maximum absolute atomic E-state index is 10.9. The third-order valence-corrected chi connectivity index (χ3v) is 2.35. The molecule has 0 spiro atoms. The highest BCUT2D eigenvalue weighted by atomic mass is 16.4. The molecule has 86 valence electrons. The number of nitrogens with zero attached hydrogens (tertiary/aromatic N) is 2. The maximum Gasteiger partial charge on any atom is 0.358 e. The molecule has 0 aliphatic carbocycles. The molecule has 0 atom stereocenters. The summed E-state index contributed by atoms with van der Waals surface area (Å²) >= 11 is 0. The summed E-state index contributed by atoms with van der Waals surface area (Å²) in [5.41, 5.74) is 7.65. The van der Waals surface area contributed by atoms with Gasteiger partial charge in [-0.05, 0) is 6.92 Å². The Bertz CT molecular complexity index is 564. The highest BCUT2D eigenvalue weighted by molar-refractivity contribution is 5.90. The number of aryl methyl sites for hydroxylation is 1. The van der Waals surface area contributed by atoms with Gasteiger partial charge >= 0.3 is 5.97 Å². The van der Waals surface area contributed by atoms with E-state index in [4.69, 9.17) is 10.8 Å². The predicted octanol–water partition coefficient (Wildman–Crippen LogP) is 1.73. The van der Waals surface area contributed by atoms with E-state index >= 15 is 0 Å². The number of rotatable bonds is 2. The van der Waals surface area contributed by atoms with Crippen molar-refractivity contribution in [3.63, 3.8) is 0 Å². The Balaban J connectivity index is 2.50. The number of hydrogen-bond donors (Lipinski definition) is 2. The van der Waals surface area contributed by atoms with Gasteiger partial charge in [-0.25, -0.2) is 14.8 Å². The zero-order chi connectivity index (χ0) is 12.4. The van der Waals surface area contributed by atoms with Crippen molar-refractivity contribution in [1.29, 1.82) is 0 Å². The standard InChI is InChI=1S/C12H11N3O2/c1-7-2-4-8(5-3-7)9-6-14-11(13)10(15-9)12(16)17/h2-6H,1H3,(H2,13,14)(H,16,17). The van der Waals surface area contributed by atoms with E-state index in [9.17, 15) is 4.79 Å². The van der Waals surface area contributed by atoms with E-state index in [1.54, 1.807) is 0 Å². The van der Waals surface area contributed by atoms with Crippen molar-refractivity contribution in [1.82, 2.24) is 9.97 Å². The number of nitrogen functional groups attached to an aromatic ring is 1. The fourth-order valence-electron chi connectivity index (χ4n) is 1.42. The van der Waals surface area contributed by atoms with Gasteiger partial charge in [0, 0.05) is 5.56 Å². The van der Waals surface area contributed by atoms with E-state index in [1.165, 1.54) is 6.20 Å². The van der Waals surface area contributed by atoms with E-state index in [0.29, 0.717) is 5.69 Å². The lowest BCUT2D eigenvalue weighted by Gasteiger charge is -2.04. The van der Waals surface area contributed by atoms with E-state index in [1.807, 2.05) is 31.2 Å². The summed E-state index contributed by atoms with van der Waals surface area (Å²) in [6.07, 6.45) is 1.46. The predicted molar refractivity (Wildman–Crippen MR) is 63.6 cm³/mol. The maximum atomic E-state index is 10.9. The van der Waals surface area contributed by atoms with E-state index in [2.05, 4.69) is 9.97 Å². The molecule has 1 aromatic carbocycles. The first kappa shape index (κ1) is 11.1. The molecule has 2 rings (SSSR count). The van der Waals surface area contributed by atoms with Crippen LogP contribution >= 0.6 is 0 Å². The summed E-state index contributed by atoms with van der Waals surface area (Å²) in [6, 6.07) is 7.57. The molecule has 5 nitrogen and oxygen atoms in total. The van der Waals surface area contributed by atoms with Crippen molar-refractivity contribution in [3.05, 3.63) is 41.7 Å². The molecule has 5 heteroatoms. The van der Waals surface area contributed by atoms with Crippen molar-refractivity contribution in [2.24, 2.45) is 0 Å². The lowest BCUT2D eigenvalue weighted by molar-refractivity contribution is 0.0691. The van der Waals surface area contributed by atoms with Crippen LogP contribution in [0.2, 0.25) is 0 Å². The number of anilines is 1. The first-order chi connectivity index (χ1) is 8.08. The first-order valence-electron chi connectivity index (χ1n) is 5.01. The molecule has 0 aliphatic heterocycles. The van der Waals surface area contributed by atoms with Crippen LogP contribution in [0, 0.1) is 6.92 Å². The Morgan fingerprint density at radius 2 is 1.94 bits per heavy atom. The average molecular weight is 229 g/mol. The topological polar surface area (TPSA) is 89.1 Å². The van der Waals surface area contributed by atoms with Gasteiger partial charge in [0.15, 0.2) is 11.5 Å². The number of aromatic carboxylic acids is 1. The third kappa shape index (κ3) is 2.23. The number of carboxylic acids is 1. The normalized spacial score (nSPS) is 10.2. The minimum absolute atomic E-state index is 0.0756. The summed E-state index contributed by atoms with van der Waals surface area (Å²) in [4.78, 5) is 18.7. The van der Waals surface area contributed by atoms with Crippen LogP contribution in [0.15, 0.2) is 30.5 Å². The van der Waals surface area contributed by atoms with Crippen molar-refractivity contribution in [3.8, 4) is 11.3 Å². The quantitative estimate of drug-likeness (QED) is 0.818. The highest BCUT2D eigenvalue weighted by Crippen LogP contribution is 2.18. The molecular weight excluding hydrogens is 218 g/mol. The monoisotopic (exact) mass is 229 g/mol. The van der Waals surface area contributed by atoms with Gasteiger partial charge in [0.2, 0.25) is 0 Å². The molecule has 0 fully saturated rings. The molecule has 0 saturated heterocycles. The number of carbonyl (C=O) groups is 1. The summed E-state index contributed by atoms with van der Waals surface area (Å²) in [7, 11) is 0. The Morgan fingerprint density at radius 1 is 1.29 bits per heavy atom. The second-order valence-corrected chi connectivity index (χ2v) is 3.66. The molecular formula is C12H11N3O2. The molecule has 0 aliphatic rings. The van der Waals surface area contributed by atoms with Crippen LogP contribution in [0.5, 0.6) is 0 Å². The van der Waals surface area contributed by atoms with Crippen LogP contribution in [0.3, 0.4) is 0 Å². The fraction of sp³-hybridized carbons (Fsp3) is 0.0833. The smallest absolute Gasteiger partial charge is 0.358 e. The Kier molecular flexibility index (Phi) is 2.74. The molecule has 0 unspecified atom stereocenters. The molecule has 0 saturated carbocycles. The van der Waals surface area contributed by atoms with Crippen LogP contribution in [0.4, 0.5) is 5.82 Å². The molecule has 0 amide bonds. The second kappa shape index (κ2) is 4.21. The Morgan fingerprint density at radius 3 is 2.53 bits per heavy atom. The lowest BCUT2D eigenvalue weighted by Crippen LogP contribution is -2.08. The SMILES string of the molecule is Cc1ccc(-c2cnc(N)c(C(=O)O)n2)cc1. The fourth-order valence-corrected chi connectivity index (χ4v) is 1.42. The second-order valence-electron chi connectivity index (χ2n) is 3.66. The van der Waals surface area contributed by atoms with Gasteiger partial charge in [-0.15, -0.1) is 0 Å². The summed E-state index contributed by atoms with van der Waals surface area (Å²) in [6.45, 7) is 1.97. The molecule has 0 bridgehead atoms. The number of benzene rings is 1. The van der Waals surface area contributed by atoms with Gasteiger partial charge in [0.05, 0.1) is 11.9 Å². The Labute approximate surface area is 98.0 Å². The minimum Gasteiger partial charge on any atom is -0.476 e. The largest absolute Gasteiger partial charge is 0.476 e. The van der Waals surface area contributed by atoms with Crippen molar-refractivity contribution in [2.45, 2.75) is 6.92 Å². The number of carboxylic acid groups (broad SMARTS) is 1. The molecule has 2 aromatic rings. The highest BCUT2D eigenvalue weighted by Gasteiger charge is 2.12. The van der Waals surface area contributed by atoms with Crippen LogP contribution < -0.4 is 5.73 Å². The van der Waals surface area contributed by atoms with E-state index < -0.39 is 5.97 Å². The lowest BCUT2D eigenvalue weighted by atomic mass is 10.1. The van der Waals surface area contributed by atoms with Crippen molar-refractivity contribution < 1.29 is 9.90 Å². The van der Waals surface area contributed by atoms with Gasteiger partial charge in [-0.2, -0.15) is 0 Å². The first-order valence-corrected chi connectivity index (χ1v) is 5.01. The Hall–Kier alpha value is -2.43. The summed E-state index contributed by atoms with van der Waals surface area (Å²) in [5, 5.41) is 8.90. The van der Waals surface area contributed by atoms with Crippen LogP contribution in [0.1, 0.15) is 16.1 Å². The summed E-state index contributed by atoms with van der Waals surface area (Å²) < 4.78 is 0. The number of nitrogens with two attached hydrogens (primary N) is 1. The van der Waals surface area contributed by atoms with Gasteiger partial charge in [-0.1, -0.05) is 29.8 Å².